The van der Waals surface area contributed by atoms with E-state index < -0.39 is 0 Å². The Morgan fingerprint density at radius 3 is 2.58 bits per heavy atom. The van der Waals surface area contributed by atoms with Crippen LogP contribution < -0.4 is 4.74 Å². The molecule has 1 saturated heterocycles. The van der Waals surface area contributed by atoms with Crippen molar-refractivity contribution in [2.24, 2.45) is 0 Å². The highest BCUT2D eigenvalue weighted by Crippen LogP contribution is 2.31. The number of methoxy groups -OCH3 is 1. The van der Waals surface area contributed by atoms with Crippen molar-refractivity contribution >= 4 is 5.97 Å². The summed E-state index contributed by atoms with van der Waals surface area (Å²) in [6, 6.07) is 8.12. The lowest BCUT2D eigenvalue weighted by Gasteiger charge is -2.43. The topological polar surface area (TPSA) is 38.8 Å². The molecule has 0 bridgehead atoms. The number of hydrogen-bond donors (Lipinski definition) is 0. The summed E-state index contributed by atoms with van der Waals surface area (Å²) in [7, 11) is 1.66. The maximum absolute atomic E-state index is 11.8. The van der Waals surface area contributed by atoms with Gasteiger partial charge < -0.3 is 9.47 Å². The van der Waals surface area contributed by atoms with Gasteiger partial charge >= 0.3 is 5.97 Å². The van der Waals surface area contributed by atoms with Crippen LogP contribution in [-0.4, -0.2) is 37.2 Å². The fourth-order valence-electron chi connectivity index (χ4n) is 2.44. The second kappa shape index (κ2) is 6.06. The molecule has 0 saturated carbocycles. The van der Waals surface area contributed by atoms with Crippen LogP contribution in [-0.2, 0) is 9.53 Å². The number of nitrogens with zero attached hydrogens (tertiary/aromatic N) is 1. The summed E-state index contributed by atoms with van der Waals surface area (Å²) in [5.41, 5.74) is 1.19. The Bertz CT molecular complexity index is 430. The smallest absolute Gasteiger partial charge is 0.323 e. The average Bonchev–Trinajstić information content (AvgIpc) is 2.37. The van der Waals surface area contributed by atoms with Crippen LogP contribution in [0.25, 0.3) is 0 Å². The number of carbonyl (C=O) groups excluding carboxylic acids is 1. The van der Waals surface area contributed by atoms with E-state index >= 15 is 0 Å². The number of likely N-dealkylation sites (tertiary alicyclic amines) is 1. The minimum atomic E-state index is -0.103. The maximum Gasteiger partial charge on any atom is 0.323 e. The summed E-state index contributed by atoms with van der Waals surface area (Å²) in [4.78, 5) is 14.0. The van der Waals surface area contributed by atoms with E-state index in [-0.39, 0.29) is 18.1 Å². The van der Waals surface area contributed by atoms with E-state index in [0.717, 1.165) is 18.7 Å². The van der Waals surface area contributed by atoms with Crippen LogP contribution >= 0.6 is 0 Å². The third-order valence-corrected chi connectivity index (χ3v) is 3.72. The molecule has 1 heterocycles. The monoisotopic (exact) mass is 263 g/mol. The lowest BCUT2D eigenvalue weighted by molar-refractivity contribution is -0.156. The number of hydrogen-bond acceptors (Lipinski definition) is 4. The van der Waals surface area contributed by atoms with Crippen molar-refractivity contribution in [3.63, 3.8) is 0 Å². The Morgan fingerprint density at radius 2 is 2.11 bits per heavy atom. The molecule has 1 aromatic rings. The van der Waals surface area contributed by atoms with E-state index in [1.165, 1.54) is 5.56 Å². The van der Waals surface area contributed by atoms with Gasteiger partial charge in [0.05, 0.1) is 13.7 Å². The summed E-state index contributed by atoms with van der Waals surface area (Å²) < 4.78 is 10.3. The van der Waals surface area contributed by atoms with Crippen molar-refractivity contribution in [2.75, 3.05) is 20.3 Å². The molecule has 4 heteroatoms. The molecule has 0 spiro atoms. The summed E-state index contributed by atoms with van der Waals surface area (Å²) in [6.07, 6.45) is 0.888. The largest absolute Gasteiger partial charge is 0.497 e. The number of rotatable bonds is 5. The molecule has 2 atom stereocenters. The minimum absolute atomic E-state index is 0.0861. The van der Waals surface area contributed by atoms with Gasteiger partial charge in [0.15, 0.2) is 0 Å². The van der Waals surface area contributed by atoms with E-state index in [9.17, 15) is 4.79 Å². The Hall–Kier alpha value is -1.55. The predicted molar refractivity (Wildman–Crippen MR) is 73.2 cm³/mol. The van der Waals surface area contributed by atoms with Crippen molar-refractivity contribution in [3.05, 3.63) is 29.8 Å². The molecule has 2 rings (SSSR count). The van der Waals surface area contributed by atoms with Crippen LogP contribution in [0.15, 0.2) is 24.3 Å². The average molecular weight is 263 g/mol. The summed E-state index contributed by atoms with van der Waals surface area (Å²) in [5, 5.41) is 0. The van der Waals surface area contributed by atoms with Crippen molar-refractivity contribution in [2.45, 2.75) is 32.4 Å². The van der Waals surface area contributed by atoms with Gasteiger partial charge in [-0.05, 0) is 38.0 Å². The van der Waals surface area contributed by atoms with Gasteiger partial charge in [-0.1, -0.05) is 12.1 Å². The van der Waals surface area contributed by atoms with Crippen molar-refractivity contribution < 1.29 is 14.3 Å². The molecule has 104 valence electrons. The number of carbonyl (C=O) groups is 1. The SMILES string of the molecule is CCOC(=O)C1CCN1C(C)c1ccc(OC)cc1. The third-order valence-electron chi connectivity index (χ3n) is 3.72. The van der Waals surface area contributed by atoms with Crippen molar-refractivity contribution in [3.8, 4) is 5.75 Å². The molecule has 1 aliphatic heterocycles. The highest BCUT2D eigenvalue weighted by molar-refractivity contribution is 5.76. The maximum atomic E-state index is 11.8. The molecule has 0 aliphatic carbocycles. The normalized spacial score (nSPS) is 20.5. The van der Waals surface area contributed by atoms with Crippen LogP contribution in [0.5, 0.6) is 5.75 Å². The first-order valence-corrected chi connectivity index (χ1v) is 6.73. The molecule has 0 amide bonds. The lowest BCUT2D eigenvalue weighted by Crippen LogP contribution is -2.53. The Balaban J connectivity index is 2.02. The fourth-order valence-corrected chi connectivity index (χ4v) is 2.44. The van der Waals surface area contributed by atoms with E-state index in [4.69, 9.17) is 9.47 Å². The Morgan fingerprint density at radius 1 is 1.42 bits per heavy atom. The van der Waals surface area contributed by atoms with E-state index in [0.29, 0.717) is 6.61 Å². The molecular formula is C15H21NO3. The van der Waals surface area contributed by atoms with Gasteiger partial charge in [-0.25, -0.2) is 0 Å². The van der Waals surface area contributed by atoms with Gasteiger partial charge in [0.1, 0.15) is 11.8 Å². The summed E-state index contributed by atoms with van der Waals surface area (Å²) in [6.45, 7) is 5.35. The molecule has 4 nitrogen and oxygen atoms in total. The van der Waals surface area contributed by atoms with E-state index in [2.05, 4.69) is 11.8 Å². The minimum Gasteiger partial charge on any atom is -0.497 e. The highest BCUT2D eigenvalue weighted by Gasteiger charge is 2.38. The third kappa shape index (κ3) is 2.89. The molecule has 1 aliphatic rings. The molecule has 1 aromatic carbocycles. The summed E-state index contributed by atoms with van der Waals surface area (Å²) in [5.74, 6) is 0.746. The van der Waals surface area contributed by atoms with Crippen molar-refractivity contribution in [1.82, 2.24) is 4.90 Å². The molecule has 0 N–H and O–H groups in total. The van der Waals surface area contributed by atoms with Crippen LogP contribution in [0.2, 0.25) is 0 Å². The molecule has 19 heavy (non-hydrogen) atoms. The van der Waals surface area contributed by atoms with Crippen LogP contribution in [0.4, 0.5) is 0 Å². The quantitative estimate of drug-likeness (QED) is 0.765. The van der Waals surface area contributed by atoms with Gasteiger partial charge in [-0.15, -0.1) is 0 Å². The van der Waals surface area contributed by atoms with Gasteiger partial charge in [-0.2, -0.15) is 0 Å². The first-order chi connectivity index (χ1) is 9.17. The van der Waals surface area contributed by atoms with Gasteiger partial charge in [0, 0.05) is 12.6 Å². The second-order valence-electron chi connectivity index (χ2n) is 4.74. The van der Waals surface area contributed by atoms with Crippen LogP contribution in [0, 0.1) is 0 Å². The molecule has 0 aromatic heterocycles. The number of esters is 1. The molecular weight excluding hydrogens is 242 g/mol. The zero-order valence-electron chi connectivity index (χ0n) is 11.8. The van der Waals surface area contributed by atoms with Crippen LogP contribution in [0.3, 0.4) is 0 Å². The Kier molecular flexibility index (Phi) is 4.43. The lowest BCUT2D eigenvalue weighted by atomic mass is 9.96. The molecule has 0 radical (unpaired) electrons. The first kappa shape index (κ1) is 13.9. The summed E-state index contributed by atoms with van der Waals surface area (Å²) >= 11 is 0. The Labute approximate surface area is 114 Å². The van der Waals surface area contributed by atoms with Gasteiger partial charge in [0.25, 0.3) is 0 Å². The van der Waals surface area contributed by atoms with Crippen LogP contribution in [0.1, 0.15) is 31.9 Å². The number of benzene rings is 1. The predicted octanol–water partition coefficient (Wildman–Crippen LogP) is 2.39. The zero-order valence-corrected chi connectivity index (χ0v) is 11.8. The van der Waals surface area contributed by atoms with Gasteiger partial charge in [0.2, 0.25) is 0 Å². The van der Waals surface area contributed by atoms with E-state index in [1.807, 2.05) is 31.2 Å². The standard InChI is InChI=1S/C15H21NO3/c1-4-19-15(17)14-9-10-16(14)11(2)12-5-7-13(18-3)8-6-12/h5-8,11,14H,4,9-10H2,1-3H3. The molecule has 1 fully saturated rings. The van der Waals surface area contributed by atoms with E-state index in [1.54, 1.807) is 7.11 Å². The zero-order chi connectivity index (χ0) is 13.8. The number of ether oxygens (including phenoxy) is 2. The first-order valence-electron chi connectivity index (χ1n) is 6.73. The highest BCUT2D eigenvalue weighted by atomic mass is 16.5. The van der Waals surface area contributed by atoms with Gasteiger partial charge in [-0.3, -0.25) is 9.69 Å². The van der Waals surface area contributed by atoms with Crippen molar-refractivity contribution in [1.29, 1.82) is 0 Å². The second-order valence-corrected chi connectivity index (χ2v) is 4.74. The molecule has 2 unspecified atom stereocenters. The fraction of sp³-hybridized carbons (Fsp3) is 0.533.